The molecule has 19 heavy (non-hydrogen) atoms. The van der Waals surface area contributed by atoms with Crippen LogP contribution in [0.4, 0.5) is 5.69 Å². The first kappa shape index (κ1) is 12.8. The molecule has 98 valence electrons. The lowest BCUT2D eigenvalue weighted by Gasteiger charge is -2.05. The van der Waals surface area contributed by atoms with Crippen LogP contribution in [0.15, 0.2) is 22.8 Å². The molecule has 0 aliphatic rings. The maximum Gasteiger partial charge on any atom is 0.312 e. The summed E-state index contributed by atoms with van der Waals surface area (Å²) in [4.78, 5) is 21.0. The standard InChI is InChI=1S/C13H11NO5/c1-7-6-19-8(2)12(7)9-3-10(5-15)13(16)11(4-9)14(17)18/h3-6,16H,1-2H3. The molecule has 0 saturated carbocycles. The van der Waals surface area contributed by atoms with Gasteiger partial charge in [0.15, 0.2) is 6.29 Å². The molecule has 1 aromatic carbocycles. The van der Waals surface area contributed by atoms with E-state index < -0.39 is 16.4 Å². The Morgan fingerprint density at radius 2 is 2.05 bits per heavy atom. The van der Waals surface area contributed by atoms with Crippen LogP contribution in [0.25, 0.3) is 11.1 Å². The number of nitrogens with zero attached hydrogens (tertiary/aromatic N) is 1. The van der Waals surface area contributed by atoms with Crippen LogP contribution in [-0.4, -0.2) is 16.3 Å². The second kappa shape index (κ2) is 4.56. The van der Waals surface area contributed by atoms with Crippen molar-refractivity contribution in [2.75, 3.05) is 0 Å². The van der Waals surface area contributed by atoms with Crippen LogP contribution in [0.1, 0.15) is 21.7 Å². The summed E-state index contributed by atoms with van der Waals surface area (Å²) in [6.45, 7) is 3.52. The molecule has 0 unspecified atom stereocenters. The van der Waals surface area contributed by atoms with Crippen LogP contribution in [-0.2, 0) is 0 Å². The van der Waals surface area contributed by atoms with E-state index in [4.69, 9.17) is 4.42 Å². The molecule has 0 aliphatic carbocycles. The van der Waals surface area contributed by atoms with Gasteiger partial charge in [0.05, 0.1) is 16.7 Å². The Kier molecular flexibility index (Phi) is 3.08. The third-order valence-corrected chi connectivity index (χ3v) is 2.89. The number of phenolic OH excluding ortho intramolecular Hbond substituents is 1. The van der Waals surface area contributed by atoms with E-state index in [1.165, 1.54) is 18.4 Å². The number of rotatable bonds is 3. The lowest BCUT2D eigenvalue weighted by molar-refractivity contribution is -0.385. The summed E-state index contributed by atoms with van der Waals surface area (Å²) in [5.74, 6) is -0.0307. The van der Waals surface area contributed by atoms with E-state index in [0.29, 0.717) is 23.2 Å². The first-order valence-corrected chi connectivity index (χ1v) is 5.47. The van der Waals surface area contributed by atoms with Gasteiger partial charge >= 0.3 is 5.69 Å². The molecule has 0 fully saturated rings. The van der Waals surface area contributed by atoms with Crippen molar-refractivity contribution in [1.82, 2.24) is 0 Å². The van der Waals surface area contributed by atoms with Crippen molar-refractivity contribution in [3.05, 3.63) is 45.4 Å². The van der Waals surface area contributed by atoms with E-state index in [1.807, 2.05) is 0 Å². The van der Waals surface area contributed by atoms with Crippen LogP contribution in [0.2, 0.25) is 0 Å². The number of aryl methyl sites for hydroxylation is 2. The average molecular weight is 261 g/mol. The molecule has 6 nitrogen and oxygen atoms in total. The summed E-state index contributed by atoms with van der Waals surface area (Å²) in [6.07, 6.45) is 1.92. The minimum atomic E-state index is -0.726. The van der Waals surface area contributed by atoms with Crippen molar-refractivity contribution >= 4 is 12.0 Å². The molecule has 1 N–H and O–H groups in total. The number of hydrogen-bond acceptors (Lipinski definition) is 5. The van der Waals surface area contributed by atoms with E-state index >= 15 is 0 Å². The highest BCUT2D eigenvalue weighted by Gasteiger charge is 2.21. The number of carbonyl (C=O) groups is 1. The number of furan rings is 1. The Balaban J connectivity index is 2.75. The van der Waals surface area contributed by atoms with Crippen molar-refractivity contribution in [2.24, 2.45) is 0 Å². The summed E-state index contributed by atoms with van der Waals surface area (Å²) in [5.41, 5.74) is 1.33. The van der Waals surface area contributed by atoms with Gasteiger partial charge in [-0.2, -0.15) is 0 Å². The molecule has 0 aliphatic heterocycles. The minimum Gasteiger partial charge on any atom is -0.502 e. The zero-order chi connectivity index (χ0) is 14.2. The zero-order valence-corrected chi connectivity index (χ0v) is 10.3. The molecule has 6 heteroatoms. The fourth-order valence-corrected chi connectivity index (χ4v) is 2.02. The van der Waals surface area contributed by atoms with E-state index in [2.05, 4.69) is 0 Å². The van der Waals surface area contributed by atoms with Gasteiger partial charge < -0.3 is 9.52 Å². The number of hydrogen-bond donors (Lipinski definition) is 1. The van der Waals surface area contributed by atoms with Crippen LogP contribution >= 0.6 is 0 Å². The topological polar surface area (TPSA) is 93.6 Å². The normalized spacial score (nSPS) is 10.4. The second-order valence-electron chi connectivity index (χ2n) is 4.16. The van der Waals surface area contributed by atoms with Crippen LogP contribution in [0, 0.1) is 24.0 Å². The van der Waals surface area contributed by atoms with Crippen molar-refractivity contribution in [3.63, 3.8) is 0 Å². The van der Waals surface area contributed by atoms with E-state index in [-0.39, 0.29) is 5.56 Å². The number of aromatic hydroxyl groups is 1. The number of phenols is 1. The molecule has 0 atom stereocenters. The van der Waals surface area contributed by atoms with Gasteiger partial charge in [-0.1, -0.05) is 0 Å². The predicted octanol–water partition coefficient (Wildman–Crippen LogP) is 2.99. The molecule has 0 saturated heterocycles. The van der Waals surface area contributed by atoms with Crippen LogP contribution < -0.4 is 0 Å². The molecule has 2 aromatic rings. The van der Waals surface area contributed by atoms with Crippen LogP contribution in [0.3, 0.4) is 0 Å². The minimum absolute atomic E-state index is 0.121. The molecule has 2 rings (SSSR count). The Bertz CT molecular complexity index is 652. The fourth-order valence-electron chi connectivity index (χ4n) is 2.02. The lowest BCUT2D eigenvalue weighted by atomic mass is 9.99. The highest BCUT2D eigenvalue weighted by Crippen LogP contribution is 2.37. The molecule has 0 amide bonds. The summed E-state index contributed by atoms with van der Waals surface area (Å²) >= 11 is 0. The Hall–Kier alpha value is -2.63. The van der Waals surface area contributed by atoms with Crippen molar-refractivity contribution in [1.29, 1.82) is 0 Å². The highest BCUT2D eigenvalue weighted by atomic mass is 16.6. The number of carbonyl (C=O) groups excluding carboxylic acids is 1. The monoisotopic (exact) mass is 261 g/mol. The lowest BCUT2D eigenvalue weighted by Crippen LogP contribution is -1.94. The number of aldehydes is 1. The second-order valence-corrected chi connectivity index (χ2v) is 4.16. The van der Waals surface area contributed by atoms with Gasteiger partial charge in [-0.25, -0.2) is 0 Å². The third kappa shape index (κ3) is 2.08. The van der Waals surface area contributed by atoms with E-state index in [0.717, 1.165) is 5.56 Å². The van der Waals surface area contributed by atoms with E-state index in [1.54, 1.807) is 13.8 Å². The average Bonchev–Trinajstić information content (AvgIpc) is 2.69. The van der Waals surface area contributed by atoms with Crippen molar-refractivity contribution in [3.8, 4) is 16.9 Å². The van der Waals surface area contributed by atoms with Gasteiger partial charge in [-0.05, 0) is 31.0 Å². The molecule has 0 spiro atoms. The fraction of sp³-hybridized carbons (Fsp3) is 0.154. The Morgan fingerprint density at radius 1 is 1.37 bits per heavy atom. The summed E-state index contributed by atoms with van der Waals surface area (Å²) in [5, 5.41) is 20.5. The quantitative estimate of drug-likeness (QED) is 0.520. The van der Waals surface area contributed by atoms with Gasteiger partial charge in [0.2, 0.25) is 5.75 Å². The van der Waals surface area contributed by atoms with Crippen molar-refractivity contribution in [2.45, 2.75) is 13.8 Å². The first-order valence-electron chi connectivity index (χ1n) is 5.47. The summed E-state index contributed by atoms with van der Waals surface area (Å²) in [6, 6.07) is 2.63. The van der Waals surface area contributed by atoms with Crippen molar-refractivity contribution < 1.29 is 19.2 Å². The van der Waals surface area contributed by atoms with Gasteiger partial charge in [-0.15, -0.1) is 0 Å². The Labute approximate surface area is 108 Å². The largest absolute Gasteiger partial charge is 0.502 e. The van der Waals surface area contributed by atoms with Gasteiger partial charge in [0.1, 0.15) is 5.76 Å². The number of nitro benzene ring substituents is 1. The molecule has 0 bridgehead atoms. The highest BCUT2D eigenvalue weighted by molar-refractivity contribution is 5.87. The molecule has 0 radical (unpaired) electrons. The summed E-state index contributed by atoms with van der Waals surface area (Å²) in [7, 11) is 0. The maximum atomic E-state index is 10.9. The summed E-state index contributed by atoms with van der Waals surface area (Å²) < 4.78 is 5.23. The van der Waals surface area contributed by atoms with Gasteiger partial charge in [0.25, 0.3) is 0 Å². The smallest absolute Gasteiger partial charge is 0.312 e. The third-order valence-electron chi connectivity index (χ3n) is 2.89. The van der Waals surface area contributed by atoms with Crippen LogP contribution in [0.5, 0.6) is 5.75 Å². The molecular formula is C13H11NO5. The maximum absolute atomic E-state index is 10.9. The molecular weight excluding hydrogens is 250 g/mol. The number of benzene rings is 1. The Morgan fingerprint density at radius 3 is 2.53 bits per heavy atom. The SMILES string of the molecule is Cc1coc(C)c1-c1cc(C=O)c(O)c([N+](=O)[O-])c1. The molecule has 1 aromatic heterocycles. The number of nitro groups is 1. The first-order chi connectivity index (χ1) is 8.95. The van der Waals surface area contributed by atoms with Gasteiger partial charge in [0, 0.05) is 11.6 Å². The zero-order valence-electron chi connectivity index (χ0n) is 10.3. The van der Waals surface area contributed by atoms with E-state index in [9.17, 15) is 20.0 Å². The molecule has 1 heterocycles. The predicted molar refractivity (Wildman–Crippen MR) is 67.3 cm³/mol. The van der Waals surface area contributed by atoms with Gasteiger partial charge in [-0.3, -0.25) is 14.9 Å².